The maximum absolute atomic E-state index is 12.7. The maximum atomic E-state index is 12.7. The molecule has 0 heterocycles. The fourth-order valence-electron chi connectivity index (χ4n) is 7.25. The number of carbonyl (C=O) groups excluding carboxylic acids is 3. The molecule has 0 aliphatic heterocycles. The zero-order valence-electron chi connectivity index (χ0n) is 38.5. The summed E-state index contributed by atoms with van der Waals surface area (Å²) in [6.45, 7) is 9.16. The molecule has 9 heteroatoms. The van der Waals surface area contributed by atoms with E-state index in [4.69, 9.17) is 14.2 Å². The summed E-state index contributed by atoms with van der Waals surface area (Å²) in [5.41, 5.74) is 0. The van der Waals surface area contributed by atoms with E-state index in [1.807, 2.05) is 0 Å². The average Bonchev–Trinajstić information content (AvgIpc) is 3.19. The molecule has 0 radical (unpaired) electrons. The Bertz CT molecular complexity index is 840. The summed E-state index contributed by atoms with van der Waals surface area (Å²) in [7, 11) is 6.36. The van der Waals surface area contributed by atoms with Gasteiger partial charge in [0.05, 0.1) is 13.2 Å². The number of rotatable bonds is 44. The van der Waals surface area contributed by atoms with Crippen molar-refractivity contribution in [3.05, 3.63) is 0 Å². The van der Waals surface area contributed by atoms with Gasteiger partial charge in [-0.05, 0) is 124 Å². The minimum atomic E-state index is -0.338. The van der Waals surface area contributed by atoms with Gasteiger partial charge in [-0.15, -0.1) is 0 Å². The first-order valence-corrected chi connectivity index (χ1v) is 24.4. The monoisotopic (exact) mass is 810 g/mol. The van der Waals surface area contributed by atoms with Gasteiger partial charge in [-0.2, -0.15) is 0 Å². The van der Waals surface area contributed by atoms with Crippen LogP contribution in [0.15, 0.2) is 0 Å². The second-order valence-electron chi connectivity index (χ2n) is 17.1. The highest BCUT2D eigenvalue weighted by atomic mass is 16.6. The van der Waals surface area contributed by atoms with E-state index in [0.717, 1.165) is 103 Å². The number of amides is 1. The highest BCUT2D eigenvalue weighted by Crippen LogP contribution is 2.17. The van der Waals surface area contributed by atoms with E-state index in [2.05, 4.69) is 50.1 Å². The largest absolute Gasteiger partial charge is 0.466 e. The van der Waals surface area contributed by atoms with Gasteiger partial charge in [0.1, 0.15) is 6.10 Å². The first kappa shape index (κ1) is 55.1. The molecule has 0 saturated carbocycles. The van der Waals surface area contributed by atoms with Gasteiger partial charge in [0.25, 0.3) is 0 Å². The molecule has 0 aliphatic rings. The molecule has 57 heavy (non-hydrogen) atoms. The van der Waals surface area contributed by atoms with E-state index in [-0.39, 0.29) is 24.1 Å². The predicted molar refractivity (Wildman–Crippen MR) is 240 cm³/mol. The molecule has 338 valence electrons. The molecule has 0 atom stereocenters. The van der Waals surface area contributed by atoms with Crippen LogP contribution in [0.4, 0.5) is 4.79 Å². The molecular weight excluding hydrogens is 715 g/mol. The Kier molecular flexibility index (Phi) is 42.3. The topological polar surface area (TPSA) is 97.4 Å². The highest BCUT2D eigenvalue weighted by Gasteiger charge is 2.15. The third-order valence-corrected chi connectivity index (χ3v) is 11.0. The SMILES string of the molecule is CCCCCCCCCCCCC(=O)OCCCCCC(CCCCCOC(=O)CCCCCCCCCCCC)OC(=O)NCCCN(C)CCCCN(C)C. The van der Waals surface area contributed by atoms with Crippen molar-refractivity contribution < 1.29 is 28.6 Å². The van der Waals surface area contributed by atoms with Crippen molar-refractivity contribution in [3.63, 3.8) is 0 Å². The number of nitrogens with zero attached hydrogens (tertiary/aromatic N) is 2. The molecule has 0 spiro atoms. The van der Waals surface area contributed by atoms with Gasteiger partial charge in [0, 0.05) is 19.4 Å². The fraction of sp³-hybridized carbons (Fsp3) is 0.938. The molecule has 0 fully saturated rings. The number of hydrogen-bond acceptors (Lipinski definition) is 8. The molecule has 9 nitrogen and oxygen atoms in total. The van der Waals surface area contributed by atoms with Crippen LogP contribution < -0.4 is 5.32 Å². The zero-order chi connectivity index (χ0) is 41.9. The predicted octanol–water partition coefficient (Wildman–Crippen LogP) is 12.6. The van der Waals surface area contributed by atoms with E-state index >= 15 is 0 Å². The normalized spacial score (nSPS) is 11.5. The van der Waals surface area contributed by atoms with E-state index in [9.17, 15) is 14.4 Å². The molecule has 0 rings (SSSR count). The summed E-state index contributed by atoms with van der Waals surface area (Å²) in [5.74, 6) is -0.153. The van der Waals surface area contributed by atoms with Crippen LogP contribution in [0, 0.1) is 0 Å². The van der Waals surface area contributed by atoms with Crippen molar-refractivity contribution in [1.29, 1.82) is 0 Å². The lowest BCUT2D eigenvalue weighted by Crippen LogP contribution is -2.32. The number of ether oxygens (including phenoxy) is 3. The van der Waals surface area contributed by atoms with Gasteiger partial charge in [0.2, 0.25) is 0 Å². The minimum Gasteiger partial charge on any atom is -0.466 e. The van der Waals surface area contributed by atoms with Crippen LogP contribution in [-0.2, 0) is 23.8 Å². The third-order valence-electron chi connectivity index (χ3n) is 11.0. The van der Waals surface area contributed by atoms with Crippen LogP contribution >= 0.6 is 0 Å². The zero-order valence-corrected chi connectivity index (χ0v) is 38.5. The van der Waals surface area contributed by atoms with Crippen molar-refractivity contribution >= 4 is 18.0 Å². The molecule has 0 aliphatic carbocycles. The summed E-state index contributed by atoms with van der Waals surface area (Å²) in [6, 6.07) is 0. The van der Waals surface area contributed by atoms with Crippen molar-refractivity contribution in [2.24, 2.45) is 0 Å². The lowest BCUT2D eigenvalue weighted by molar-refractivity contribution is -0.144. The van der Waals surface area contributed by atoms with Crippen LogP contribution in [0.2, 0.25) is 0 Å². The van der Waals surface area contributed by atoms with Crippen molar-refractivity contribution in [2.45, 2.75) is 232 Å². The molecule has 0 bridgehead atoms. The number of carbonyl (C=O) groups is 3. The van der Waals surface area contributed by atoms with Gasteiger partial charge in [0.15, 0.2) is 0 Å². The summed E-state index contributed by atoms with van der Waals surface area (Å²) in [4.78, 5) is 41.7. The van der Waals surface area contributed by atoms with Crippen LogP contribution in [0.25, 0.3) is 0 Å². The molecule has 1 amide bonds. The quantitative estimate of drug-likeness (QED) is 0.0369. The standard InChI is InChI=1S/C48H95N3O6/c1-6-8-10-12-14-16-18-20-22-28-37-46(52)55-43-32-24-26-35-45(57-48(54)49-39-34-42-51(5)41-31-30-40-50(3)4)36-27-25-33-44-56-47(53)38-29-23-21-19-17-15-13-11-9-7-2/h45H,6-44H2,1-5H3,(H,49,54). The summed E-state index contributed by atoms with van der Waals surface area (Å²) in [6.07, 6.45) is 35.9. The van der Waals surface area contributed by atoms with Gasteiger partial charge in [-0.3, -0.25) is 9.59 Å². The summed E-state index contributed by atoms with van der Waals surface area (Å²) in [5, 5.41) is 2.97. The highest BCUT2D eigenvalue weighted by molar-refractivity contribution is 5.69. The van der Waals surface area contributed by atoms with Crippen molar-refractivity contribution in [3.8, 4) is 0 Å². The van der Waals surface area contributed by atoms with E-state index in [1.165, 1.54) is 116 Å². The van der Waals surface area contributed by atoms with Crippen LogP contribution in [0.3, 0.4) is 0 Å². The second kappa shape index (κ2) is 43.7. The third kappa shape index (κ3) is 43.5. The van der Waals surface area contributed by atoms with Crippen molar-refractivity contribution in [2.75, 3.05) is 60.5 Å². The molecule has 0 saturated heterocycles. The summed E-state index contributed by atoms with van der Waals surface area (Å²) < 4.78 is 16.9. The Morgan fingerprint density at radius 3 is 1.28 bits per heavy atom. The van der Waals surface area contributed by atoms with Crippen LogP contribution in [-0.4, -0.2) is 94.5 Å². The second-order valence-corrected chi connectivity index (χ2v) is 17.1. The lowest BCUT2D eigenvalue weighted by atomic mass is 10.0. The average molecular weight is 810 g/mol. The van der Waals surface area contributed by atoms with Gasteiger partial charge in [-0.25, -0.2) is 4.79 Å². The first-order valence-electron chi connectivity index (χ1n) is 24.4. The van der Waals surface area contributed by atoms with Crippen molar-refractivity contribution in [1.82, 2.24) is 15.1 Å². The Balaban J connectivity index is 4.30. The Morgan fingerprint density at radius 2 is 0.842 bits per heavy atom. The number of hydrogen-bond donors (Lipinski definition) is 1. The molecule has 0 aromatic heterocycles. The first-order chi connectivity index (χ1) is 27.8. The summed E-state index contributed by atoms with van der Waals surface area (Å²) >= 11 is 0. The number of esters is 2. The maximum Gasteiger partial charge on any atom is 0.407 e. The molecule has 0 aromatic rings. The van der Waals surface area contributed by atoms with Gasteiger partial charge < -0.3 is 29.3 Å². The Morgan fingerprint density at radius 1 is 0.456 bits per heavy atom. The minimum absolute atomic E-state index is 0.0764. The fourth-order valence-corrected chi connectivity index (χ4v) is 7.25. The molecule has 1 N–H and O–H groups in total. The Hall–Kier alpha value is -1.87. The van der Waals surface area contributed by atoms with E-state index in [1.54, 1.807) is 0 Å². The lowest BCUT2D eigenvalue weighted by Gasteiger charge is -2.19. The number of nitrogens with one attached hydrogen (secondary N) is 1. The number of alkyl carbamates (subject to hydrolysis) is 1. The van der Waals surface area contributed by atoms with E-state index < -0.39 is 0 Å². The van der Waals surface area contributed by atoms with Gasteiger partial charge >= 0.3 is 18.0 Å². The Labute approximate surface area is 353 Å². The molecular formula is C48H95N3O6. The van der Waals surface area contributed by atoms with Gasteiger partial charge in [-0.1, -0.05) is 129 Å². The molecule has 0 aromatic carbocycles. The molecule has 0 unspecified atom stereocenters. The van der Waals surface area contributed by atoms with Crippen LogP contribution in [0.1, 0.15) is 226 Å². The number of unbranched alkanes of at least 4 members (excludes halogenated alkanes) is 23. The van der Waals surface area contributed by atoms with Crippen LogP contribution in [0.5, 0.6) is 0 Å². The smallest absolute Gasteiger partial charge is 0.407 e. The van der Waals surface area contributed by atoms with E-state index in [0.29, 0.717) is 32.6 Å².